The van der Waals surface area contributed by atoms with Gasteiger partial charge in [0.05, 0.1) is 29.4 Å². The number of hydrogen-bond acceptors (Lipinski definition) is 7. The lowest BCUT2D eigenvalue weighted by Gasteiger charge is -2.11. The number of benzene rings is 1. The molecule has 0 unspecified atom stereocenters. The number of carboxylic acid groups (broad SMARTS) is 1. The molecule has 26 heavy (non-hydrogen) atoms. The molecule has 0 saturated carbocycles. The number of hydrogen-bond donors (Lipinski definition) is 2. The van der Waals surface area contributed by atoms with Crippen LogP contribution in [-0.2, 0) is 0 Å². The van der Waals surface area contributed by atoms with Crippen LogP contribution in [0.15, 0.2) is 25.9 Å². The summed E-state index contributed by atoms with van der Waals surface area (Å²) in [6.45, 7) is 3.56. The van der Waals surface area contributed by atoms with Crippen molar-refractivity contribution >= 4 is 28.0 Å². The van der Waals surface area contributed by atoms with Crippen LogP contribution in [0.3, 0.4) is 0 Å². The largest absolute Gasteiger partial charge is 0.496 e. The lowest BCUT2D eigenvalue weighted by molar-refractivity contribution is 0.0692. The van der Waals surface area contributed by atoms with Crippen LogP contribution in [0.1, 0.15) is 21.9 Å². The van der Waals surface area contributed by atoms with Crippen LogP contribution in [0.25, 0.3) is 33.1 Å². The number of H-pyrrole nitrogens is 1. The number of carboxylic acids is 1. The van der Waals surface area contributed by atoms with Gasteiger partial charge < -0.3 is 18.8 Å². The monoisotopic (exact) mass is 355 g/mol. The van der Waals surface area contributed by atoms with Gasteiger partial charge in [-0.1, -0.05) is 5.16 Å². The number of rotatable bonds is 3. The molecule has 0 bridgehead atoms. The van der Waals surface area contributed by atoms with E-state index in [1.807, 2.05) is 0 Å². The van der Waals surface area contributed by atoms with Crippen molar-refractivity contribution in [1.82, 2.24) is 15.1 Å². The highest BCUT2D eigenvalue weighted by Gasteiger charge is 2.22. The van der Waals surface area contributed by atoms with E-state index in [4.69, 9.17) is 13.7 Å². The van der Waals surface area contributed by atoms with Crippen LogP contribution < -0.4 is 10.5 Å². The van der Waals surface area contributed by atoms with Crippen molar-refractivity contribution < 1.29 is 23.6 Å². The zero-order valence-corrected chi connectivity index (χ0v) is 14.0. The molecule has 0 radical (unpaired) electrons. The Hall–Kier alpha value is -3.62. The van der Waals surface area contributed by atoms with Crippen LogP contribution in [-0.4, -0.2) is 33.3 Å². The quantitative estimate of drug-likeness (QED) is 0.573. The number of ether oxygens (including phenoxy) is 1. The third-order valence-corrected chi connectivity index (χ3v) is 4.19. The molecule has 0 fully saturated rings. The highest BCUT2D eigenvalue weighted by molar-refractivity contribution is 6.10. The SMILES string of the molecule is COc1cc2c(cc1-c1c(C)noc1C)nc(C(=O)O)c1oc(=O)[nH]c12. The number of aryl methyl sites for hydroxylation is 2. The third kappa shape index (κ3) is 2.17. The molecule has 0 aliphatic rings. The van der Waals surface area contributed by atoms with Gasteiger partial charge in [-0.25, -0.2) is 14.6 Å². The molecule has 3 aromatic heterocycles. The van der Waals surface area contributed by atoms with Crippen LogP contribution in [0.4, 0.5) is 0 Å². The number of nitrogens with one attached hydrogen (secondary N) is 1. The van der Waals surface area contributed by atoms with Gasteiger partial charge in [-0.2, -0.15) is 0 Å². The minimum Gasteiger partial charge on any atom is -0.496 e. The molecule has 9 heteroatoms. The van der Waals surface area contributed by atoms with E-state index in [0.29, 0.717) is 33.7 Å². The molecule has 132 valence electrons. The Morgan fingerprint density at radius 1 is 1.31 bits per heavy atom. The number of pyridine rings is 1. The van der Waals surface area contributed by atoms with Crippen molar-refractivity contribution in [3.63, 3.8) is 0 Å². The van der Waals surface area contributed by atoms with E-state index >= 15 is 0 Å². The summed E-state index contributed by atoms with van der Waals surface area (Å²) in [5, 5.41) is 13.8. The number of carbonyl (C=O) groups is 1. The second-order valence-corrected chi connectivity index (χ2v) is 5.75. The predicted molar refractivity (Wildman–Crippen MR) is 90.6 cm³/mol. The maximum atomic E-state index is 11.6. The number of methoxy groups -OCH3 is 1. The lowest BCUT2D eigenvalue weighted by Crippen LogP contribution is -2.02. The van der Waals surface area contributed by atoms with Gasteiger partial charge in [-0.15, -0.1) is 0 Å². The Kier molecular flexibility index (Phi) is 3.33. The van der Waals surface area contributed by atoms with Crippen LogP contribution in [0, 0.1) is 13.8 Å². The minimum atomic E-state index is -1.30. The van der Waals surface area contributed by atoms with Crippen molar-refractivity contribution in [1.29, 1.82) is 0 Å². The first-order chi connectivity index (χ1) is 12.4. The van der Waals surface area contributed by atoms with Crippen molar-refractivity contribution in [2.45, 2.75) is 13.8 Å². The van der Waals surface area contributed by atoms with Crippen LogP contribution in [0.5, 0.6) is 5.75 Å². The zero-order valence-electron chi connectivity index (χ0n) is 14.0. The Labute approximate surface area is 145 Å². The molecule has 9 nitrogen and oxygen atoms in total. The van der Waals surface area contributed by atoms with E-state index in [0.717, 1.165) is 5.56 Å². The van der Waals surface area contributed by atoms with E-state index in [2.05, 4.69) is 15.1 Å². The first kappa shape index (κ1) is 15.9. The summed E-state index contributed by atoms with van der Waals surface area (Å²) in [4.78, 5) is 29.8. The van der Waals surface area contributed by atoms with Crippen LogP contribution in [0.2, 0.25) is 0 Å². The number of aromatic nitrogens is 3. The fraction of sp³-hybridized carbons (Fsp3) is 0.176. The van der Waals surface area contributed by atoms with E-state index in [-0.39, 0.29) is 16.8 Å². The maximum absolute atomic E-state index is 11.6. The number of nitrogens with zero attached hydrogens (tertiary/aromatic N) is 2. The summed E-state index contributed by atoms with van der Waals surface area (Å²) in [5.74, 6) is -0.962. The molecule has 1 aromatic carbocycles. The van der Waals surface area contributed by atoms with Crippen LogP contribution >= 0.6 is 0 Å². The summed E-state index contributed by atoms with van der Waals surface area (Å²) in [5.41, 5.74) is 2.22. The first-order valence-electron chi connectivity index (χ1n) is 7.61. The van der Waals surface area contributed by atoms with Gasteiger partial charge in [-0.05, 0) is 26.0 Å². The van der Waals surface area contributed by atoms with E-state index < -0.39 is 11.7 Å². The van der Waals surface area contributed by atoms with Gasteiger partial charge in [0.15, 0.2) is 11.3 Å². The van der Waals surface area contributed by atoms with Crippen molar-refractivity contribution in [2.75, 3.05) is 7.11 Å². The van der Waals surface area contributed by atoms with Gasteiger partial charge in [0.1, 0.15) is 11.5 Å². The average molecular weight is 355 g/mol. The normalized spacial score (nSPS) is 11.3. The molecule has 3 heterocycles. The fourth-order valence-electron chi connectivity index (χ4n) is 3.09. The van der Waals surface area contributed by atoms with Crippen molar-refractivity contribution in [2.24, 2.45) is 0 Å². The zero-order chi connectivity index (χ0) is 18.6. The van der Waals surface area contributed by atoms with Gasteiger partial charge >= 0.3 is 11.7 Å². The van der Waals surface area contributed by atoms with E-state index in [9.17, 15) is 14.7 Å². The Bertz CT molecular complexity index is 1230. The Morgan fingerprint density at radius 2 is 2.08 bits per heavy atom. The van der Waals surface area contributed by atoms with Gasteiger partial charge in [0.25, 0.3) is 0 Å². The predicted octanol–water partition coefficient (Wildman–Crippen LogP) is 2.65. The summed E-state index contributed by atoms with van der Waals surface area (Å²) in [6, 6.07) is 3.35. The first-order valence-corrected chi connectivity index (χ1v) is 7.61. The lowest BCUT2D eigenvalue weighted by atomic mass is 10.00. The molecule has 0 aliphatic heterocycles. The van der Waals surface area contributed by atoms with Gasteiger partial charge in [-0.3, -0.25) is 4.98 Å². The van der Waals surface area contributed by atoms with Crippen molar-refractivity contribution in [3.8, 4) is 16.9 Å². The molecule has 0 atom stereocenters. The second kappa shape index (κ2) is 5.45. The number of aromatic amines is 1. The summed E-state index contributed by atoms with van der Waals surface area (Å²) < 4.78 is 15.7. The summed E-state index contributed by atoms with van der Waals surface area (Å²) in [6.07, 6.45) is 0. The Morgan fingerprint density at radius 3 is 2.69 bits per heavy atom. The number of oxazole rings is 1. The smallest absolute Gasteiger partial charge is 0.417 e. The molecule has 0 spiro atoms. The standard InChI is InChI=1S/C17H13N3O6/c1-6-12(7(2)26-20-6)9-4-10-8(5-11(9)24-3)13-15(25-17(23)19-13)14(18-10)16(21)22/h4-5H,1-3H3,(H,19,23)(H,21,22). The maximum Gasteiger partial charge on any atom is 0.417 e. The highest BCUT2D eigenvalue weighted by Crippen LogP contribution is 2.38. The fourth-order valence-corrected chi connectivity index (χ4v) is 3.09. The van der Waals surface area contributed by atoms with Gasteiger partial charge in [0.2, 0.25) is 0 Å². The summed E-state index contributed by atoms with van der Waals surface area (Å²) >= 11 is 0. The average Bonchev–Trinajstić information content (AvgIpc) is 3.14. The molecule has 0 aliphatic carbocycles. The van der Waals surface area contributed by atoms with E-state index in [1.165, 1.54) is 7.11 Å². The van der Waals surface area contributed by atoms with Gasteiger partial charge in [0, 0.05) is 10.9 Å². The summed E-state index contributed by atoms with van der Waals surface area (Å²) in [7, 11) is 1.51. The molecular weight excluding hydrogens is 342 g/mol. The van der Waals surface area contributed by atoms with Crippen molar-refractivity contribution in [3.05, 3.63) is 39.8 Å². The number of fused-ring (bicyclic) bond motifs is 3. The Balaban J connectivity index is 2.16. The second-order valence-electron chi connectivity index (χ2n) is 5.75. The number of aromatic carboxylic acids is 1. The third-order valence-electron chi connectivity index (χ3n) is 4.19. The molecule has 4 rings (SSSR count). The molecule has 0 amide bonds. The molecule has 2 N–H and O–H groups in total. The highest BCUT2D eigenvalue weighted by atomic mass is 16.5. The van der Waals surface area contributed by atoms with E-state index in [1.54, 1.807) is 26.0 Å². The minimum absolute atomic E-state index is 0.109. The molecular formula is C17H13N3O6. The molecule has 4 aromatic rings. The molecule has 0 saturated heterocycles. The topological polar surface area (TPSA) is 131 Å².